The van der Waals surface area contributed by atoms with Crippen molar-refractivity contribution in [1.29, 1.82) is 0 Å². The molecule has 0 amide bonds. The molecule has 1 atom stereocenters. The number of benzene rings is 1. The normalized spacial score (nSPS) is 13.3. The lowest BCUT2D eigenvalue weighted by Crippen LogP contribution is -2.21. The molecular formula is C17H16F4N4O. The summed E-state index contributed by atoms with van der Waals surface area (Å²) in [6.45, 7) is 1.09. The van der Waals surface area contributed by atoms with E-state index in [1.165, 1.54) is 24.3 Å². The van der Waals surface area contributed by atoms with Crippen LogP contribution in [-0.2, 0) is 13.5 Å². The third kappa shape index (κ3) is 3.47. The lowest BCUT2D eigenvalue weighted by Gasteiger charge is -2.14. The van der Waals surface area contributed by atoms with E-state index in [1.54, 1.807) is 11.6 Å². The number of aromatic nitrogens is 4. The molecule has 1 unspecified atom stereocenters. The molecule has 3 aromatic rings. The molecule has 138 valence electrons. The first-order valence-corrected chi connectivity index (χ1v) is 7.95. The molecule has 0 aliphatic heterocycles. The van der Waals surface area contributed by atoms with Crippen LogP contribution in [0.1, 0.15) is 19.2 Å². The second-order valence-corrected chi connectivity index (χ2v) is 6.17. The van der Waals surface area contributed by atoms with E-state index in [1.807, 2.05) is 0 Å². The van der Waals surface area contributed by atoms with Gasteiger partial charge in [0.1, 0.15) is 17.5 Å². The lowest BCUT2D eigenvalue weighted by molar-refractivity contribution is -0.171. The van der Waals surface area contributed by atoms with Crippen molar-refractivity contribution in [2.24, 2.45) is 13.0 Å². The monoisotopic (exact) mass is 368 g/mol. The molecule has 0 fully saturated rings. The first kappa shape index (κ1) is 18.1. The average molecular weight is 368 g/mol. The van der Waals surface area contributed by atoms with E-state index in [9.17, 15) is 22.4 Å². The Bertz CT molecular complexity index is 989. The molecule has 0 aliphatic carbocycles. The smallest absolute Gasteiger partial charge is 0.312 e. The van der Waals surface area contributed by atoms with Crippen LogP contribution in [-0.4, -0.2) is 25.7 Å². The third-order valence-corrected chi connectivity index (χ3v) is 4.25. The SMILES string of the molecule is CC(CCc1nc2c(nc(-c3ccc(F)cc3)n2C)c(=O)[nH]1)C(F)(F)F. The molecule has 0 bridgehead atoms. The van der Waals surface area contributed by atoms with Gasteiger partial charge in [-0.1, -0.05) is 6.92 Å². The van der Waals surface area contributed by atoms with Crippen LogP contribution in [0.2, 0.25) is 0 Å². The van der Waals surface area contributed by atoms with Crippen LogP contribution < -0.4 is 5.56 Å². The van der Waals surface area contributed by atoms with Crippen molar-refractivity contribution < 1.29 is 17.6 Å². The third-order valence-electron chi connectivity index (χ3n) is 4.25. The summed E-state index contributed by atoms with van der Waals surface area (Å²) in [5.41, 5.74) is 0.425. The highest BCUT2D eigenvalue weighted by molar-refractivity contribution is 5.76. The van der Waals surface area contributed by atoms with E-state index in [2.05, 4.69) is 15.0 Å². The highest BCUT2D eigenvalue weighted by atomic mass is 19.4. The van der Waals surface area contributed by atoms with Crippen LogP contribution in [0.25, 0.3) is 22.6 Å². The van der Waals surface area contributed by atoms with E-state index in [-0.39, 0.29) is 29.8 Å². The molecule has 3 rings (SSSR count). The first-order chi connectivity index (χ1) is 12.2. The van der Waals surface area contributed by atoms with Crippen molar-refractivity contribution >= 4 is 11.2 Å². The second-order valence-electron chi connectivity index (χ2n) is 6.17. The van der Waals surface area contributed by atoms with Crippen molar-refractivity contribution in [3.05, 3.63) is 46.3 Å². The number of aryl methyl sites for hydroxylation is 2. The standard InChI is InChI=1S/C17H16F4N4O/c1-9(17(19,20)21)3-8-12-22-15-13(16(26)23-12)24-14(25(15)2)10-4-6-11(18)7-5-10/h4-7,9H,3,8H2,1-2H3,(H,22,23,26). The summed E-state index contributed by atoms with van der Waals surface area (Å²) < 4.78 is 52.6. The number of aromatic amines is 1. The Hall–Kier alpha value is -2.71. The largest absolute Gasteiger partial charge is 0.391 e. The van der Waals surface area contributed by atoms with Gasteiger partial charge in [0.25, 0.3) is 5.56 Å². The van der Waals surface area contributed by atoms with Crippen molar-refractivity contribution in [2.45, 2.75) is 25.9 Å². The predicted octanol–water partition coefficient (Wildman–Crippen LogP) is 3.59. The number of hydrogen-bond acceptors (Lipinski definition) is 3. The highest BCUT2D eigenvalue weighted by Crippen LogP contribution is 2.29. The zero-order valence-corrected chi connectivity index (χ0v) is 14.1. The minimum Gasteiger partial charge on any atom is -0.312 e. The second kappa shape index (κ2) is 6.54. The Morgan fingerprint density at radius 1 is 1.19 bits per heavy atom. The number of H-pyrrole nitrogens is 1. The molecule has 1 aromatic carbocycles. The molecule has 2 aromatic heterocycles. The van der Waals surface area contributed by atoms with Crippen LogP contribution in [0.3, 0.4) is 0 Å². The maximum Gasteiger partial charge on any atom is 0.391 e. The van der Waals surface area contributed by atoms with Crippen LogP contribution in [0.4, 0.5) is 17.6 Å². The Morgan fingerprint density at radius 3 is 2.46 bits per heavy atom. The van der Waals surface area contributed by atoms with E-state index in [0.29, 0.717) is 11.4 Å². The summed E-state index contributed by atoms with van der Waals surface area (Å²) in [6.07, 6.45) is -4.48. The number of rotatable bonds is 4. The average Bonchev–Trinajstić information content (AvgIpc) is 2.90. The maximum absolute atomic E-state index is 13.1. The van der Waals surface area contributed by atoms with Gasteiger partial charge in [0.15, 0.2) is 11.2 Å². The quantitative estimate of drug-likeness (QED) is 0.716. The fourth-order valence-electron chi connectivity index (χ4n) is 2.61. The van der Waals surface area contributed by atoms with Gasteiger partial charge in [0.2, 0.25) is 0 Å². The van der Waals surface area contributed by atoms with E-state index in [0.717, 1.165) is 6.92 Å². The summed E-state index contributed by atoms with van der Waals surface area (Å²) in [6, 6.07) is 5.60. The molecule has 2 heterocycles. The van der Waals surface area contributed by atoms with Gasteiger partial charge < -0.3 is 9.55 Å². The zero-order valence-electron chi connectivity index (χ0n) is 14.1. The Balaban J connectivity index is 1.97. The fourth-order valence-corrected chi connectivity index (χ4v) is 2.61. The molecular weight excluding hydrogens is 352 g/mol. The summed E-state index contributed by atoms with van der Waals surface area (Å²) >= 11 is 0. The molecule has 0 saturated carbocycles. The minimum atomic E-state index is -4.29. The minimum absolute atomic E-state index is 0.0110. The molecule has 0 spiro atoms. The van der Waals surface area contributed by atoms with Crippen molar-refractivity contribution in [1.82, 2.24) is 19.5 Å². The van der Waals surface area contributed by atoms with Crippen molar-refractivity contribution in [3.8, 4) is 11.4 Å². The van der Waals surface area contributed by atoms with Crippen molar-refractivity contribution in [2.75, 3.05) is 0 Å². The maximum atomic E-state index is 13.1. The highest BCUT2D eigenvalue weighted by Gasteiger charge is 2.35. The Kier molecular flexibility index (Phi) is 4.55. The van der Waals surface area contributed by atoms with Crippen LogP contribution in [0, 0.1) is 11.7 Å². The number of nitrogens with one attached hydrogen (secondary N) is 1. The molecule has 1 N–H and O–H groups in total. The van der Waals surface area contributed by atoms with E-state index < -0.39 is 23.5 Å². The number of imidazole rings is 1. The van der Waals surface area contributed by atoms with Gasteiger partial charge in [0, 0.05) is 19.0 Å². The molecule has 0 radical (unpaired) electrons. The molecule has 0 saturated heterocycles. The van der Waals surface area contributed by atoms with Crippen molar-refractivity contribution in [3.63, 3.8) is 0 Å². The Labute approximate surface area is 145 Å². The summed E-state index contributed by atoms with van der Waals surface area (Å²) in [5, 5.41) is 0. The summed E-state index contributed by atoms with van der Waals surface area (Å²) in [4.78, 5) is 23.2. The zero-order chi connectivity index (χ0) is 19.1. The van der Waals surface area contributed by atoms with Gasteiger partial charge in [-0.05, 0) is 30.7 Å². The van der Waals surface area contributed by atoms with Gasteiger partial charge in [-0.2, -0.15) is 13.2 Å². The molecule has 5 nitrogen and oxygen atoms in total. The van der Waals surface area contributed by atoms with Gasteiger partial charge in [0.05, 0.1) is 5.92 Å². The van der Waals surface area contributed by atoms with E-state index >= 15 is 0 Å². The van der Waals surface area contributed by atoms with Crippen LogP contribution in [0.15, 0.2) is 29.1 Å². The molecule has 0 aliphatic rings. The lowest BCUT2D eigenvalue weighted by atomic mass is 10.1. The topological polar surface area (TPSA) is 63.6 Å². The summed E-state index contributed by atoms with van der Waals surface area (Å²) in [7, 11) is 1.64. The van der Waals surface area contributed by atoms with Gasteiger partial charge >= 0.3 is 6.18 Å². The Morgan fingerprint density at radius 2 is 1.85 bits per heavy atom. The number of alkyl halides is 3. The number of fused-ring (bicyclic) bond motifs is 1. The van der Waals surface area contributed by atoms with Gasteiger partial charge in [-0.3, -0.25) is 4.79 Å². The van der Waals surface area contributed by atoms with Gasteiger partial charge in [-0.25, -0.2) is 14.4 Å². The molecule has 26 heavy (non-hydrogen) atoms. The van der Waals surface area contributed by atoms with E-state index in [4.69, 9.17) is 0 Å². The summed E-state index contributed by atoms with van der Waals surface area (Å²) in [5.74, 6) is -1.31. The fraction of sp³-hybridized carbons (Fsp3) is 0.353. The number of nitrogens with zero attached hydrogens (tertiary/aromatic N) is 3. The first-order valence-electron chi connectivity index (χ1n) is 7.95. The number of halogens is 4. The predicted molar refractivity (Wildman–Crippen MR) is 88.1 cm³/mol. The van der Waals surface area contributed by atoms with Crippen LogP contribution in [0.5, 0.6) is 0 Å². The number of hydrogen-bond donors (Lipinski definition) is 1. The van der Waals surface area contributed by atoms with Gasteiger partial charge in [-0.15, -0.1) is 0 Å². The van der Waals surface area contributed by atoms with Crippen LogP contribution >= 0.6 is 0 Å². The molecule has 9 heteroatoms.